The fourth-order valence-electron chi connectivity index (χ4n) is 2.17. The number of ether oxygens (including phenoxy) is 2. The Bertz CT molecular complexity index is 419. The van der Waals surface area contributed by atoms with Crippen LogP contribution < -0.4 is 4.74 Å². The summed E-state index contributed by atoms with van der Waals surface area (Å²) in [5.74, 6) is 0.980. The van der Waals surface area contributed by atoms with E-state index in [4.69, 9.17) is 9.47 Å². The van der Waals surface area contributed by atoms with Crippen molar-refractivity contribution in [2.75, 3.05) is 13.7 Å². The highest BCUT2D eigenvalue weighted by molar-refractivity contribution is 5.64. The predicted octanol–water partition coefficient (Wildman–Crippen LogP) is 3.67. The maximum Gasteiger partial charge on any atom is 0.127 e. The number of rotatable bonds is 4. The van der Waals surface area contributed by atoms with Crippen molar-refractivity contribution in [1.82, 2.24) is 0 Å². The Labute approximate surface area is 103 Å². The van der Waals surface area contributed by atoms with E-state index in [2.05, 4.69) is 26.0 Å². The maximum atomic E-state index is 6.05. The number of para-hydroxylation sites is 1. The highest BCUT2D eigenvalue weighted by Crippen LogP contribution is 2.36. The van der Waals surface area contributed by atoms with Gasteiger partial charge in [0.2, 0.25) is 0 Å². The van der Waals surface area contributed by atoms with E-state index in [-0.39, 0.29) is 5.60 Å². The van der Waals surface area contributed by atoms with Crippen LogP contribution in [0.1, 0.15) is 32.3 Å². The van der Waals surface area contributed by atoms with Crippen molar-refractivity contribution in [2.45, 2.75) is 32.3 Å². The topological polar surface area (TPSA) is 18.5 Å². The monoisotopic (exact) mass is 232 g/mol. The van der Waals surface area contributed by atoms with Crippen LogP contribution in [0.25, 0.3) is 6.08 Å². The second-order valence-corrected chi connectivity index (χ2v) is 4.92. The molecule has 0 N–H and O–H groups in total. The summed E-state index contributed by atoms with van der Waals surface area (Å²) in [5, 5.41) is 0. The average molecular weight is 232 g/mol. The summed E-state index contributed by atoms with van der Waals surface area (Å²) in [6.45, 7) is 5.05. The van der Waals surface area contributed by atoms with Crippen LogP contribution in [-0.2, 0) is 4.74 Å². The fourth-order valence-corrected chi connectivity index (χ4v) is 2.17. The minimum atomic E-state index is -0.206. The van der Waals surface area contributed by atoms with Crippen LogP contribution in [0.3, 0.4) is 0 Å². The van der Waals surface area contributed by atoms with Crippen molar-refractivity contribution in [3.63, 3.8) is 0 Å². The molecule has 92 valence electrons. The van der Waals surface area contributed by atoms with Crippen LogP contribution in [0.15, 0.2) is 29.8 Å². The largest absolute Gasteiger partial charge is 0.483 e. The maximum absolute atomic E-state index is 6.05. The first kappa shape index (κ1) is 12.2. The molecule has 2 rings (SSSR count). The molecule has 1 heterocycles. The number of fused-ring (bicyclic) bond motifs is 1. The smallest absolute Gasteiger partial charge is 0.127 e. The molecule has 0 aliphatic carbocycles. The van der Waals surface area contributed by atoms with E-state index < -0.39 is 0 Å². The van der Waals surface area contributed by atoms with Crippen molar-refractivity contribution >= 4 is 6.08 Å². The van der Waals surface area contributed by atoms with Gasteiger partial charge in [0.25, 0.3) is 0 Å². The summed E-state index contributed by atoms with van der Waals surface area (Å²) >= 11 is 0. The lowest BCUT2D eigenvalue weighted by molar-refractivity contribution is 0.136. The number of methoxy groups -OCH3 is 1. The van der Waals surface area contributed by atoms with Gasteiger partial charge < -0.3 is 9.47 Å². The lowest BCUT2D eigenvalue weighted by Gasteiger charge is -2.34. The minimum Gasteiger partial charge on any atom is -0.483 e. The highest BCUT2D eigenvalue weighted by atomic mass is 16.5. The SMILES string of the molecule is COCCCC1=Cc2ccccc2OC1(C)C. The molecule has 0 bridgehead atoms. The molecule has 0 saturated carbocycles. The van der Waals surface area contributed by atoms with E-state index in [9.17, 15) is 0 Å². The van der Waals surface area contributed by atoms with Crippen LogP contribution >= 0.6 is 0 Å². The normalized spacial score (nSPS) is 17.0. The van der Waals surface area contributed by atoms with Crippen LogP contribution in [0.2, 0.25) is 0 Å². The quantitative estimate of drug-likeness (QED) is 0.737. The van der Waals surface area contributed by atoms with Crippen LogP contribution in [-0.4, -0.2) is 19.3 Å². The first-order valence-corrected chi connectivity index (χ1v) is 6.11. The van der Waals surface area contributed by atoms with E-state index in [1.165, 1.54) is 11.1 Å². The molecule has 1 aromatic rings. The van der Waals surface area contributed by atoms with Gasteiger partial charge in [-0.15, -0.1) is 0 Å². The van der Waals surface area contributed by atoms with Gasteiger partial charge in [0.1, 0.15) is 11.4 Å². The van der Waals surface area contributed by atoms with Crippen LogP contribution in [0.4, 0.5) is 0 Å². The molecule has 0 radical (unpaired) electrons. The average Bonchev–Trinajstić information content (AvgIpc) is 2.29. The molecule has 0 amide bonds. The summed E-state index contributed by atoms with van der Waals surface area (Å²) in [4.78, 5) is 0. The molecule has 0 saturated heterocycles. The van der Waals surface area contributed by atoms with Gasteiger partial charge in [0.05, 0.1) is 0 Å². The van der Waals surface area contributed by atoms with E-state index in [1.807, 2.05) is 18.2 Å². The Balaban J connectivity index is 2.21. The van der Waals surface area contributed by atoms with Crippen LogP contribution in [0.5, 0.6) is 5.75 Å². The Kier molecular flexibility index (Phi) is 3.53. The first-order chi connectivity index (χ1) is 8.13. The Morgan fingerprint density at radius 2 is 2.00 bits per heavy atom. The number of hydrogen-bond acceptors (Lipinski definition) is 2. The highest BCUT2D eigenvalue weighted by Gasteiger charge is 2.29. The van der Waals surface area contributed by atoms with E-state index in [1.54, 1.807) is 7.11 Å². The summed E-state index contributed by atoms with van der Waals surface area (Å²) in [6, 6.07) is 8.18. The molecule has 0 aromatic heterocycles. The van der Waals surface area contributed by atoms with Gasteiger partial charge in [-0.3, -0.25) is 0 Å². The molecule has 0 spiro atoms. The molecular formula is C15H20O2. The molecule has 1 aliphatic rings. The van der Waals surface area contributed by atoms with E-state index in [0.717, 1.165) is 25.2 Å². The molecule has 1 aliphatic heterocycles. The van der Waals surface area contributed by atoms with Gasteiger partial charge in [0.15, 0.2) is 0 Å². The number of hydrogen-bond donors (Lipinski definition) is 0. The molecule has 0 fully saturated rings. The van der Waals surface area contributed by atoms with Crippen molar-refractivity contribution in [1.29, 1.82) is 0 Å². The molecule has 1 aromatic carbocycles. The minimum absolute atomic E-state index is 0.206. The number of benzene rings is 1. The standard InChI is InChI=1S/C15H20O2/c1-15(2)13(8-6-10-16-3)11-12-7-4-5-9-14(12)17-15/h4-5,7,9,11H,6,8,10H2,1-3H3. The fraction of sp³-hybridized carbons (Fsp3) is 0.467. The molecule has 2 heteroatoms. The van der Waals surface area contributed by atoms with Crippen molar-refractivity contribution < 1.29 is 9.47 Å². The predicted molar refractivity (Wildman–Crippen MR) is 70.2 cm³/mol. The Morgan fingerprint density at radius 3 is 2.76 bits per heavy atom. The first-order valence-electron chi connectivity index (χ1n) is 6.11. The van der Waals surface area contributed by atoms with Gasteiger partial charge >= 0.3 is 0 Å². The van der Waals surface area contributed by atoms with Gasteiger partial charge in [0, 0.05) is 19.3 Å². The lowest BCUT2D eigenvalue weighted by Crippen LogP contribution is -2.33. The Hall–Kier alpha value is -1.28. The molecule has 0 unspecified atom stereocenters. The van der Waals surface area contributed by atoms with Gasteiger partial charge in [-0.05, 0) is 44.4 Å². The van der Waals surface area contributed by atoms with Gasteiger partial charge in [-0.1, -0.05) is 18.2 Å². The summed E-state index contributed by atoms with van der Waals surface area (Å²) in [6.07, 6.45) is 4.32. The van der Waals surface area contributed by atoms with E-state index >= 15 is 0 Å². The van der Waals surface area contributed by atoms with Gasteiger partial charge in [-0.25, -0.2) is 0 Å². The zero-order chi connectivity index (χ0) is 12.3. The molecule has 0 atom stereocenters. The molecule has 17 heavy (non-hydrogen) atoms. The Morgan fingerprint density at radius 1 is 1.24 bits per heavy atom. The zero-order valence-electron chi connectivity index (χ0n) is 10.8. The van der Waals surface area contributed by atoms with Crippen molar-refractivity contribution in [3.05, 3.63) is 35.4 Å². The van der Waals surface area contributed by atoms with Gasteiger partial charge in [-0.2, -0.15) is 0 Å². The summed E-state index contributed by atoms with van der Waals surface area (Å²) < 4.78 is 11.2. The van der Waals surface area contributed by atoms with E-state index in [0.29, 0.717) is 0 Å². The summed E-state index contributed by atoms with van der Waals surface area (Å²) in [5.41, 5.74) is 2.31. The zero-order valence-corrected chi connectivity index (χ0v) is 10.8. The summed E-state index contributed by atoms with van der Waals surface area (Å²) in [7, 11) is 1.74. The second-order valence-electron chi connectivity index (χ2n) is 4.92. The van der Waals surface area contributed by atoms with Crippen LogP contribution in [0, 0.1) is 0 Å². The second kappa shape index (κ2) is 4.92. The third kappa shape index (κ3) is 2.70. The third-order valence-electron chi connectivity index (χ3n) is 3.18. The lowest BCUT2D eigenvalue weighted by atomic mass is 9.89. The van der Waals surface area contributed by atoms with Crippen molar-refractivity contribution in [3.8, 4) is 5.75 Å². The van der Waals surface area contributed by atoms with Crippen molar-refractivity contribution in [2.24, 2.45) is 0 Å². The molecular weight excluding hydrogens is 212 g/mol. The molecule has 2 nitrogen and oxygen atoms in total. The third-order valence-corrected chi connectivity index (χ3v) is 3.18.